The number of carbonyl (C=O) groups excluding carboxylic acids is 1. The molecular weight excluding hydrogens is 315 g/mol. The van der Waals surface area contributed by atoms with Gasteiger partial charge in [0.25, 0.3) is 0 Å². The van der Waals surface area contributed by atoms with Crippen LogP contribution in [0.15, 0.2) is 24.3 Å². The lowest BCUT2D eigenvalue weighted by atomic mass is 9.95. The van der Waals surface area contributed by atoms with Gasteiger partial charge < -0.3 is 15.2 Å². The molecule has 0 aliphatic carbocycles. The Labute approximate surface area is 130 Å². The highest BCUT2D eigenvalue weighted by molar-refractivity contribution is 5.94. The number of ether oxygens (including phenoxy) is 1. The first kappa shape index (κ1) is 17.3. The van der Waals surface area contributed by atoms with Gasteiger partial charge in [0.05, 0.1) is 24.0 Å². The van der Waals surface area contributed by atoms with Gasteiger partial charge in [-0.15, -0.1) is 0 Å². The molecule has 0 radical (unpaired) electrons. The fourth-order valence-corrected chi connectivity index (χ4v) is 2.51. The summed E-state index contributed by atoms with van der Waals surface area (Å²) in [5.41, 5.74) is -0.916. The molecule has 8 heteroatoms. The maximum absolute atomic E-state index is 12.7. The van der Waals surface area contributed by atoms with Crippen molar-refractivity contribution in [1.82, 2.24) is 0 Å². The van der Waals surface area contributed by atoms with Gasteiger partial charge in [0.2, 0.25) is 5.91 Å². The Bertz CT molecular complexity index is 582. The van der Waals surface area contributed by atoms with E-state index in [0.29, 0.717) is 13.0 Å². The molecule has 0 bridgehead atoms. The van der Waals surface area contributed by atoms with Crippen molar-refractivity contribution >= 4 is 17.6 Å². The molecule has 0 unspecified atom stereocenters. The minimum Gasteiger partial charge on any atom is -0.481 e. The van der Waals surface area contributed by atoms with Gasteiger partial charge in [0, 0.05) is 12.3 Å². The zero-order valence-electron chi connectivity index (χ0n) is 12.1. The van der Waals surface area contributed by atoms with Crippen molar-refractivity contribution in [2.75, 3.05) is 11.9 Å². The van der Waals surface area contributed by atoms with Crippen molar-refractivity contribution in [1.29, 1.82) is 0 Å². The molecule has 1 fully saturated rings. The van der Waals surface area contributed by atoms with Gasteiger partial charge in [-0.05, 0) is 31.0 Å². The van der Waals surface area contributed by atoms with Crippen molar-refractivity contribution in [3.63, 3.8) is 0 Å². The molecule has 126 valence electrons. The normalized spacial score (nSPS) is 19.3. The molecule has 1 amide bonds. The van der Waals surface area contributed by atoms with E-state index in [4.69, 9.17) is 9.84 Å². The van der Waals surface area contributed by atoms with Gasteiger partial charge in [-0.2, -0.15) is 13.2 Å². The van der Waals surface area contributed by atoms with Crippen molar-refractivity contribution in [2.45, 2.75) is 31.5 Å². The van der Waals surface area contributed by atoms with Crippen LogP contribution in [0.25, 0.3) is 0 Å². The summed E-state index contributed by atoms with van der Waals surface area (Å²) in [7, 11) is 0. The van der Waals surface area contributed by atoms with Crippen LogP contribution in [0.1, 0.15) is 24.8 Å². The van der Waals surface area contributed by atoms with E-state index in [-0.39, 0.29) is 5.69 Å². The number of anilines is 1. The minimum absolute atomic E-state index is 0.0294. The Morgan fingerprint density at radius 3 is 2.70 bits per heavy atom. The molecule has 23 heavy (non-hydrogen) atoms. The van der Waals surface area contributed by atoms with Crippen molar-refractivity contribution in [3.8, 4) is 0 Å². The number of alkyl halides is 3. The standard InChI is InChI=1S/C15H16F3NO4/c16-15(17,18)9-3-1-4-10(7-9)19-14(22)11(8-13(20)21)12-5-2-6-23-12/h1,3-4,7,11-12H,2,5-6,8H2,(H,19,22)(H,20,21)/t11-,12+/m0/s1. The second-order valence-electron chi connectivity index (χ2n) is 5.32. The molecule has 0 saturated carbocycles. The number of halogens is 3. The molecule has 1 heterocycles. The Kier molecular flexibility index (Phi) is 5.25. The molecule has 1 aromatic rings. The lowest BCUT2D eigenvalue weighted by Crippen LogP contribution is -2.34. The number of carbonyl (C=O) groups is 2. The highest BCUT2D eigenvalue weighted by Gasteiger charge is 2.34. The Morgan fingerprint density at radius 1 is 1.39 bits per heavy atom. The first-order valence-corrected chi connectivity index (χ1v) is 7.09. The summed E-state index contributed by atoms with van der Waals surface area (Å²) < 4.78 is 43.4. The van der Waals surface area contributed by atoms with E-state index in [2.05, 4.69) is 5.32 Å². The third-order valence-electron chi connectivity index (χ3n) is 3.60. The van der Waals surface area contributed by atoms with E-state index < -0.39 is 42.1 Å². The van der Waals surface area contributed by atoms with Crippen LogP contribution >= 0.6 is 0 Å². The molecule has 1 aliphatic rings. The number of carboxylic acids is 1. The molecule has 1 aromatic carbocycles. The second kappa shape index (κ2) is 6.99. The maximum Gasteiger partial charge on any atom is 0.416 e. The van der Waals surface area contributed by atoms with Gasteiger partial charge >= 0.3 is 12.1 Å². The zero-order chi connectivity index (χ0) is 17.0. The molecule has 1 saturated heterocycles. The Morgan fingerprint density at radius 2 is 2.13 bits per heavy atom. The number of benzene rings is 1. The van der Waals surface area contributed by atoms with Gasteiger partial charge in [-0.25, -0.2) is 0 Å². The maximum atomic E-state index is 12.7. The van der Waals surface area contributed by atoms with Gasteiger partial charge in [-0.1, -0.05) is 6.07 Å². The average Bonchev–Trinajstić information content (AvgIpc) is 2.97. The molecule has 0 spiro atoms. The van der Waals surface area contributed by atoms with E-state index in [1.54, 1.807) is 0 Å². The van der Waals surface area contributed by atoms with E-state index in [1.807, 2.05) is 0 Å². The number of carboxylic acid groups (broad SMARTS) is 1. The largest absolute Gasteiger partial charge is 0.481 e. The third kappa shape index (κ3) is 4.69. The third-order valence-corrected chi connectivity index (χ3v) is 3.60. The summed E-state index contributed by atoms with van der Waals surface area (Å²) in [6, 6.07) is 4.20. The summed E-state index contributed by atoms with van der Waals surface area (Å²) >= 11 is 0. The smallest absolute Gasteiger partial charge is 0.416 e. The predicted octanol–water partition coefficient (Wildman–Crippen LogP) is 2.91. The second-order valence-corrected chi connectivity index (χ2v) is 5.32. The minimum atomic E-state index is -4.52. The van der Waals surface area contributed by atoms with Crippen LogP contribution < -0.4 is 5.32 Å². The topological polar surface area (TPSA) is 75.6 Å². The van der Waals surface area contributed by atoms with Crippen LogP contribution in [0.5, 0.6) is 0 Å². The summed E-state index contributed by atoms with van der Waals surface area (Å²) in [5, 5.41) is 11.3. The fraction of sp³-hybridized carbons (Fsp3) is 0.467. The van der Waals surface area contributed by atoms with Crippen LogP contribution in [-0.4, -0.2) is 29.7 Å². The van der Waals surface area contributed by atoms with E-state index in [9.17, 15) is 22.8 Å². The van der Waals surface area contributed by atoms with Crippen molar-refractivity contribution in [2.24, 2.45) is 5.92 Å². The predicted molar refractivity (Wildman–Crippen MR) is 74.8 cm³/mol. The lowest BCUT2D eigenvalue weighted by Gasteiger charge is -2.21. The average molecular weight is 331 g/mol. The number of hydrogen-bond acceptors (Lipinski definition) is 3. The number of amides is 1. The van der Waals surface area contributed by atoms with Crippen LogP contribution in [-0.2, 0) is 20.5 Å². The number of aliphatic carboxylic acids is 1. The lowest BCUT2D eigenvalue weighted by molar-refractivity contribution is -0.142. The summed E-state index contributed by atoms with van der Waals surface area (Å²) in [5.74, 6) is -2.76. The number of rotatable bonds is 5. The molecule has 0 aromatic heterocycles. The zero-order valence-corrected chi connectivity index (χ0v) is 12.1. The summed E-state index contributed by atoms with van der Waals surface area (Å²) in [6.45, 7) is 0.442. The van der Waals surface area contributed by atoms with Gasteiger partial charge in [0.15, 0.2) is 0 Å². The van der Waals surface area contributed by atoms with Crippen LogP contribution in [0.2, 0.25) is 0 Å². The van der Waals surface area contributed by atoms with Crippen LogP contribution in [0.4, 0.5) is 18.9 Å². The fourth-order valence-electron chi connectivity index (χ4n) is 2.51. The van der Waals surface area contributed by atoms with E-state index >= 15 is 0 Å². The SMILES string of the molecule is O=C(O)C[C@H](C(=O)Nc1cccc(C(F)(F)F)c1)[C@H]1CCCO1. The number of hydrogen-bond donors (Lipinski definition) is 2. The molecule has 2 N–H and O–H groups in total. The summed E-state index contributed by atoms with van der Waals surface area (Å²) in [4.78, 5) is 23.2. The monoisotopic (exact) mass is 331 g/mol. The number of nitrogens with one attached hydrogen (secondary N) is 1. The van der Waals surface area contributed by atoms with Crippen LogP contribution in [0.3, 0.4) is 0 Å². The quantitative estimate of drug-likeness (QED) is 0.870. The van der Waals surface area contributed by atoms with Crippen LogP contribution in [0, 0.1) is 5.92 Å². The first-order valence-electron chi connectivity index (χ1n) is 7.09. The molecule has 2 atom stereocenters. The highest BCUT2D eigenvalue weighted by Crippen LogP contribution is 2.31. The van der Waals surface area contributed by atoms with Gasteiger partial charge in [0.1, 0.15) is 0 Å². The molecule has 5 nitrogen and oxygen atoms in total. The first-order chi connectivity index (χ1) is 10.8. The van der Waals surface area contributed by atoms with Gasteiger partial charge in [-0.3, -0.25) is 9.59 Å². The summed E-state index contributed by atoms with van der Waals surface area (Å²) in [6.07, 6.45) is -4.21. The highest BCUT2D eigenvalue weighted by atomic mass is 19.4. The molecule has 1 aliphatic heterocycles. The Balaban J connectivity index is 2.13. The van der Waals surface area contributed by atoms with E-state index in [0.717, 1.165) is 18.6 Å². The van der Waals surface area contributed by atoms with E-state index in [1.165, 1.54) is 12.1 Å². The van der Waals surface area contributed by atoms with Crippen molar-refractivity contribution < 1.29 is 32.6 Å². The molecular formula is C15H16F3NO4. The Hall–Kier alpha value is -2.09. The van der Waals surface area contributed by atoms with Crippen molar-refractivity contribution in [3.05, 3.63) is 29.8 Å². The molecule has 2 rings (SSSR count).